The molecule has 0 radical (unpaired) electrons. The van der Waals surface area contributed by atoms with E-state index in [2.05, 4.69) is 35.4 Å². The minimum atomic E-state index is 1.03. The molecule has 17 heavy (non-hydrogen) atoms. The monoisotopic (exact) mass is 227 g/mol. The Kier molecular flexibility index (Phi) is 3.17. The van der Waals surface area contributed by atoms with Gasteiger partial charge in [-0.05, 0) is 30.4 Å². The molecule has 90 valence electrons. The molecule has 1 aliphatic rings. The van der Waals surface area contributed by atoms with Crippen molar-refractivity contribution in [3.05, 3.63) is 36.0 Å². The largest absolute Gasteiger partial charge is 0.361 e. The standard InChI is InChI=1S/C16H21N/c1-2-7-13(6-1)8-5-9-14-12-17-16-11-4-3-10-15(14)16/h3-4,10-13,17H,1-2,5-9H2. The molecule has 0 bridgehead atoms. The number of hydrogen-bond donors (Lipinski definition) is 1. The highest BCUT2D eigenvalue weighted by Crippen LogP contribution is 2.29. The van der Waals surface area contributed by atoms with Crippen molar-refractivity contribution in [3.63, 3.8) is 0 Å². The first kappa shape index (κ1) is 10.9. The Morgan fingerprint density at radius 3 is 2.82 bits per heavy atom. The number of hydrogen-bond acceptors (Lipinski definition) is 0. The summed E-state index contributed by atoms with van der Waals surface area (Å²) in [6.45, 7) is 0. The molecule has 1 aliphatic carbocycles. The van der Waals surface area contributed by atoms with Crippen molar-refractivity contribution in [2.75, 3.05) is 0 Å². The van der Waals surface area contributed by atoms with Crippen molar-refractivity contribution in [2.45, 2.75) is 44.9 Å². The van der Waals surface area contributed by atoms with Crippen LogP contribution in [0, 0.1) is 5.92 Å². The first-order valence-electron chi connectivity index (χ1n) is 6.98. The van der Waals surface area contributed by atoms with Crippen LogP contribution in [-0.4, -0.2) is 4.98 Å². The minimum Gasteiger partial charge on any atom is -0.361 e. The third kappa shape index (κ3) is 2.38. The zero-order chi connectivity index (χ0) is 11.5. The van der Waals surface area contributed by atoms with E-state index in [0.717, 1.165) is 5.92 Å². The van der Waals surface area contributed by atoms with Crippen molar-refractivity contribution in [1.82, 2.24) is 4.98 Å². The summed E-state index contributed by atoms with van der Waals surface area (Å²) in [6, 6.07) is 8.63. The van der Waals surface area contributed by atoms with Gasteiger partial charge in [0.1, 0.15) is 0 Å². The Balaban J connectivity index is 1.60. The van der Waals surface area contributed by atoms with E-state index in [4.69, 9.17) is 0 Å². The number of nitrogens with one attached hydrogen (secondary N) is 1. The number of aryl methyl sites for hydroxylation is 1. The topological polar surface area (TPSA) is 15.8 Å². The molecule has 0 unspecified atom stereocenters. The van der Waals surface area contributed by atoms with Crippen LogP contribution in [-0.2, 0) is 6.42 Å². The molecule has 1 saturated carbocycles. The smallest absolute Gasteiger partial charge is 0.0456 e. The average molecular weight is 227 g/mol. The van der Waals surface area contributed by atoms with Crippen LogP contribution in [0.25, 0.3) is 10.9 Å². The van der Waals surface area contributed by atoms with Gasteiger partial charge >= 0.3 is 0 Å². The molecule has 0 atom stereocenters. The van der Waals surface area contributed by atoms with Crippen LogP contribution < -0.4 is 0 Å². The van der Waals surface area contributed by atoms with E-state index in [1.165, 1.54) is 61.4 Å². The normalized spacial score (nSPS) is 16.9. The van der Waals surface area contributed by atoms with Crippen LogP contribution in [0.5, 0.6) is 0 Å². The second-order valence-electron chi connectivity index (χ2n) is 5.40. The van der Waals surface area contributed by atoms with E-state index in [0.29, 0.717) is 0 Å². The van der Waals surface area contributed by atoms with E-state index in [1.54, 1.807) is 0 Å². The number of fused-ring (bicyclic) bond motifs is 1. The van der Waals surface area contributed by atoms with Crippen molar-refractivity contribution >= 4 is 10.9 Å². The van der Waals surface area contributed by atoms with Crippen LogP contribution in [0.15, 0.2) is 30.5 Å². The fourth-order valence-electron chi connectivity index (χ4n) is 3.22. The number of aromatic amines is 1. The van der Waals surface area contributed by atoms with Gasteiger partial charge in [-0.1, -0.05) is 50.3 Å². The fraction of sp³-hybridized carbons (Fsp3) is 0.500. The maximum absolute atomic E-state index is 3.37. The highest BCUT2D eigenvalue weighted by atomic mass is 14.7. The summed E-state index contributed by atoms with van der Waals surface area (Å²) < 4.78 is 0. The average Bonchev–Trinajstić information content (AvgIpc) is 2.99. The number of H-pyrrole nitrogens is 1. The summed E-state index contributed by atoms with van der Waals surface area (Å²) in [5.41, 5.74) is 2.78. The molecule has 1 aromatic heterocycles. The molecule has 0 amide bonds. The third-order valence-corrected chi connectivity index (χ3v) is 4.21. The molecule has 2 aromatic rings. The number of aromatic nitrogens is 1. The van der Waals surface area contributed by atoms with Gasteiger partial charge in [-0.15, -0.1) is 0 Å². The first-order chi connectivity index (χ1) is 8.43. The maximum atomic E-state index is 3.37. The van der Waals surface area contributed by atoms with Gasteiger partial charge in [0, 0.05) is 17.1 Å². The molecule has 0 spiro atoms. The van der Waals surface area contributed by atoms with Crippen molar-refractivity contribution < 1.29 is 0 Å². The Labute approximate surface area is 103 Å². The molecule has 1 aromatic carbocycles. The fourth-order valence-corrected chi connectivity index (χ4v) is 3.22. The zero-order valence-electron chi connectivity index (χ0n) is 10.4. The highest BCUT2D eigenvalue weighted by Gasteiger charge is 2.14. The predicted molar refractivity (Wildman–Crippen MR) is 73.2 cm³/mol. The lowest BCUT2D eigenvalue weighted by Gasteiger charge is -2.07. The Bertz CT molecular complexity index is 477. The first-order valence-corrected chi connectivity index (χ1v) is 6.98. The van der Waals surface area contributed by atoms with Crippen LogP contribution in [0.2, 0.25) is 0 Å². The number of benzene rings is 1. The SMILES string of the molecule is c1ccc2c(CCCC3CCCC3)c[nH]c2c1. The lowest BCUT2D eigenvalue weighted by atomic mass is 9.98. The van der Waals surface area contributed by atoms with Gasteiger partial charge in [-0.2, -0.15) is 0 Å². The quantitative estimate of drug-likeness (QED) is 0.780. The second kappa shape index (κ2) is 4.95. The number of rotatable bonds is 4. The number of para-hydroxylation sites is 1. The van der Waals surface area contributed by atoms with E-state index >= 15 is 0 Å². The molecule has 1 fully saturated rings. The van der Waals surface area contributed by atoms with Gasteiger partial charge in [0.2, 0.25) is 0 Å². The Morgan fingerprint density at radius 1 is 1.12 bits per heavy atom. The summed E-state index contributed by atoms with van der Waals surface area (Å²) in [7, 11) is 0. The Morgan fingerprint density at radius 2 is 1.94 bits per heavy atom. The van der Waals surface area contributed by atoms with Gasteiger partial charge in [0.15, 0.2) is 0 Å². The second-order valence-corrected chi connectivity index (χ2v) is 5.40. The molecule has 0 saturated heterocycles. The summed E-state index contributed by atoms with van der Waals surface area (Å²) in [4.78, 5) is 3.37. The van der Waals surface area contributed by atoms with Gasteiger partial charge in [-0.3, -0.25) is 0 Å². The molecule has 3 rings (SSSR count). The lowest BCUT2D eigenvalue weighted by molar-refractivity contribution is 0.484. The minimum absolute atomic E-state index is 1.03. The molecule has 1 heteroatoms. The molecule has 1 N–H and O–H groups in total. The highest BCUT2D eigenvalue weighted by molar-refractivity contribution is 5.82. The summed E-state index contributed by atoms with van der Waals surface area (Å²) in [6.07, 6.45) is 12.1. The third-order valence-electron chi connectivity index (χ3n) is 4.21. The summed E-state index contributed by atoms with van der Waals surface area (Å²) in [5, 5.41) is 1.42. The molecular weight excluding hydrogens is 206 g/mol. The van der Waals surface area contributed by atoms with Crippen molar-refractivity contribution in [1.29, 1.82) is 0 Å². The molecule has 0 aliphatic heterocycles. The molecule has 1 nitrogen and oxygen atoms in total. The van der Waals surface area contributed by atoms with Gasteiger partial charge in [-0.25, -0.2) is 0 Å². The van der Waals surface area contributed by atoms with Gasteiger partial charge in [0.05, 0.1) is 0 Å². The van der Waals surface area contributed by atoms with Crippen molar-refractivity contribution in [3.8, 4) is 0 Å². The van der Waals surface area contributed by atoms with E-state index < -0.39 is 0 Å². The summed E-state index contributed by atoms with van der Waals surface area (Å²) in [5.74, 6) is 1.03. The van der Waals surface area contributed by atoms with Gasteiger partial charge < -0.3 is 4.98 Å². The maximum Gasteiger partial charge on any atom is 0.0456 e. The molecular formula is C16H21N. The van der Waals surface area contributed by atoms with Crippen LogP contribution in [0.3, 0.4) is 0 Å². The molecule has 1 heterocycles. The zero-order valence-corrected chi connectivity index (χ0v) is 10.4. The Hall–Kier alpha value is -1.24. The summed E-state index contributed by atoms with van der Waals surface area (Å²) >= 11 is 0. The predicted octanol–water partition coefficient (Wildman–Crippen LogP) is 4.68. The van der Waals surface area contributed by atoms with Gasteiger partial charge in [0.25, 0.3) is 0 Å². The van der Waals surface area contributed by atoms with E-state index in [9.17, 15) is 0 Å². The van der Waals surface area contributed by atoms with E-state index in [1.807, 2.05) is 0 Å². The van der Waals surface area contributed by atoms with Crippen LogP contribution in [0.4, 0.5) is 0 Å². The van der Waals surface area contributed by atoms with Crippen LogP contribution >= 0.6 is 0 Å². The lowest BCUT2D eigenvalue weighted by Crippen LogP contribution is -1.94. The van der Waals surface area contributed by atoms with Crippen molar-refractivity contribution in [2.24, 2.45) is 5.92 Å². The van der Waals surface area contributed by atoms with Crippen LogP contribution in [0.1, 0.15) is 44.1 Å². The van der Waals surface area contributed by atoms with E-state index in [-0.39, 0.29) is 0 Å².